The van der Waals surface area contributed by atoms with Gasteiger partial charge in [0.15, 0.2) is 0 Å². The van der Waals surface area contributed by atoms with Crippen molar-refractivity contribution in [1.29, 1.82) is 0 Å². The molecular weight excluding hydrogens is 278 g/mol. The second-order valence-electron chi connectivity index (χ2n) is 5.80. The number of amides is 2. The van der Waals surface area contributed by atoms with Gasteiger partial charge in [-0.25, -0.2) is 0 Å². The summed E-state index contributed by atoms with van der Waals surface area (Å²) in [6.07, 6.45) is 3.33. The molecule has 0 spiro atoms. The SMILES string of the molecule is CN(C)C(=O)[C@@H]1CCCN1C(=O)c1ccc2ncccc2c1. The van der Waals surface area contributed by atoms with E-state index < -0.39 is 0 Å². The van der Waals surface area contributed by atoms with E-state index in [-0.39, 0.29) is 17.9 Å². The van der Waals surface area contributed by atoms with E-state index in [9.17, 15) is 9.59 Å². The second kappa shape index (κ2) is 5.75. The molecule has 2 amide bonds. The van der Waals surface area contributed by atoms with Crippen LogP contribution in [0.5, 0.6) is 0 Å². The second-order valence-corrected chi connectivity index (χ2v) is 5.80. The summed E-state index contributed by atoms with van der Waals surface area (Å²) in [5.41, 5.74) is 1.47. The fourth-order valence-corrected chi connectivity index (χ4v) is 2.94. The van der Waals surface area contributed by atoms with E-state index in [1.807, 2.05) is 24.3 Å². The first kappa shape index (κ1) is 14.5. The van der Waals surface area contributed by atoms with Crippen LogP contribution in [0.25, 0.3) is 10.9 Å². The van der Waals surface area contributed by atoms with Crippen LogP contribution in [0.1, 0.15) is 23.2 Å². The quantitative estimate of drug-likeness (QED) is 0.851. The first-order valence-corrected chi connectivity index (χ1v) is 7.45. The molecule has 22 heavy (non-hydrogen) atoms. The molecule has 5 heteroatoms. The Labute approximate surface area is 129 Å². The molecule has 0 aliphatic carbocycles. The summed E-state index contributed by atoms with van der Waals surface area (Å²) in [6.45, 7) is 0.633. The summed E-state index contributed by atoms with van der Waals surface area (Å²) < 4.78 is 0. The van der Waals surface area contributed by atoms with Crippen molar-refractivity contribution >= 4 is 22.7 Å². The molecule has 0 saturated carbocycles. The number of likely N-dealkylation sites (N-methyl/N-ethyl adjacent to an activating group) is 1. The van der Waals surface area contributed by atoms with Gasteiger partial charge in [0.05, 0.1) is 5.52 Å². The standard InChI is InChI=1S/C17H19N3O2/c1-19(2)17(22)15-6-4-10-20(15)16(21)13-7-8-14-12(11-13)5-3-9-18-14/h3,5,7-9,11,15H,4,6,10H2,1-2H3/t15-/m0/s1. The van der Waals surface area contributed by atoms with Crippen LogP contribution in [0.4, 0.5) is 0 Å². The molecule has 0 radical (unpaired) electrons. The van der Waals surface area contributed by atoms with Gasteiger partial charge in [0.25, 0.3) is 5.91 Å². The van der Waals surface area contributed by atoms with Crippen LogP contribution in [-0.2, 0) is 4.79 Å². The number of likely N-dealkylation sites (tertiary alicyclic amines) is 1. The number of pyridine rings is 1. The summed E-state index contributed by atoms with van der Waals surface area (Å²) in [6, 6.07) is 8.93. The van der Waals surface area contributed by atoms with Gasteiger partial charge in [0.1, 0.15) is 6.04 Å². The first-order chi connectivity index (χ1) is 10.6. The fraction of sp³-hybridized carbons (Fsp3) is 0.353. The van der Waals surface area contributed by atoms with E-state index in [0.29, 0.717) is 12.1 Å². The number of benzene rings is 1. The summed E-state index contributed by atoms with van der Waals surface area (Å²) in [7, 11) is 3.45. The van der Waals surface area contributed by atoms with Crippen molar-refractivity contribution in [2.24, 2.45) is 0 Å². The Hall–Kier alpha value is -2.43. The van der Waals surface area contributed by atoms with Gasteiger partial charge in [-0.15, -0.1) is 0 Å². The Bertz CT molecular complexity index is 727. The van der Waals surface area contributed by atoms with Gasteiger partial charge in [-0.3, -0.25) is 14.6 Å². The topological polar surface area (TPSA) is 53.5 Å². The maximum atomic E-state index is 12.8. The Morgan fingerprint density at radius 1 is 1.27 bits per heavy atom. The van der Waals surface area contributed by atoms with Crippen molar-refractivity contribution in [2.45, 2.75) is 18.9 Å². The molecule has 1 aliphatic heterocycles. The Balaban J connectivity index is 1.89. The minimum absolute atomic E-state index is 0.00620. The third-order valence-electron chi connectivity index (χ3n) is 4.09. The number of hydrogen-bond donors (Lipinski definition) is 0. The highest BCUT2D eigenvalue weighted by Crippen LogP contribution is 2.23. The largest absolute Gasteiger partial charge is 0.347 e. The Morgan fingerprint density at radius 2 is 2.09 bits per heavy atom. The van der Waals surface area contributed by atoms with Gasteiger partial charge in [-0.2, -0.15) is 0 Å². The number of carbonyl (C=O) groups is 2. The number of nitrogens with zero attached hydrogens (tertiary/aromatic N) is 3. The molecule has 1 aromatic heterocycles. The van der Waals surface area contributed by atoms with E-state index in [2.05, 4.69) is 4.98 Å². The summed E-state index contributed by atoms with van der Waals surface area (Å²) >= 11 is 0. The lowest BCUT2D eigenvalue weighted by Crippen LogP contribution is -2.45. The van der Waals surface area contributed by atoms with Gasteiger partial charge >= 0.3 is 0 Å². The predicted octanol–water partition coefficient (Wildman–Crippen LogP) is 1.93. The van der Waals surface area contributed by atoms with Crippen molar-refractivity contribution in [3.8, 4) is 0 Å². The molecule has 0 N–H and O–H groups in total. The van der Waals surface area contributed by atoms with Crippen LogP contribution < -0.4 is 0 Å². The van der Waals surface area contributed by atoms with Gasteiger partial charge in [0.2, 0.25) is 5.91 Å². The monoisotopic (exact) mass is 297 g/mol. The smallest absolute Gasteiger partial charge is 0.254 e. The lowest BCUT2D eigenvalue weighted by atomic mass is 10.1. The van der Waals surface area contributed by atoms with E-state index in [1.165, 1.54) is 0 Å². The maximum absolute atomic E-state index is 12.8. The molecule has 2 aromatic rings. The Kier molecular flexibility index (Phi) is 3.79. The number of aromatic nitrogens is 1. The zero-order chi connectivity index (χ0) is 15.7. The summed E-state index contributed by atoms with van der Waals surface area (Å²) in [5, 5.41) is 0.933. The van der Waals surface area contributed by atoms with Crippen molar-refractivity contribution < 1.29 is 9.59 Å². The molecule has 3 rings (SSSR count). The predicted molar refractivity (Wildman–Crippen MR) is 84.5 cm³/mol. The minimum atomic E-state index is -0.341. The van der Waals surface area contributed by atoms with Gasteiger partial charge in [0, 0.05) is 37.8 Å². The van der Waals surface area contributed by atoms with E-state index in [0.717, 1.165) is 23.7 Å². The molecule has 1 aromatic carbocycles. The summed E-state index contributed by atoms with van der Waals surface area (Å²) in [5.74, 6) is -0.0863. The molecule has 0 bridgehead atoms. The number of carbonyl (C=O) groups excluding carboxylic acids is 2. The highest BCUT2D eigenvalue weighted by Gasteiger charge is 2.35. The van der Waals surface area contributed by atoms with E-state index >= 15 is 0 Å². The zero-order valence-electron chi connectivity index (χ0n) is 12.8. The van der Waals surface area contributed by atoms with E-state index in [1.54, 1.807) is 36.2 Å². The third kappa shape index (κ3) is 2.54. The molecule has 1 saturated heterocycles. The molecule has 114 valence electrons. The number of rotatable bonds is 2. The number of fused-ring (bicyclic) bond motifs is 1. The normalized spacial score (nSPS) is 17.7. The van der Waals surface area contributed by atoms with Gasteiger partial charge < -0.3 is 9.80 Å². The zero-order valence-corrected chi connectivity index (χ0v) is 12.8. The molecule has 2 heterocycles. The lowest BCUT2D eigenvalue weighted by molar-refractivity contribution is -0.132. The third-order valence-corrected chi connectivity index (χ3v) is 4.09. The molecule has 5 nitrogen and oxygen atoms in total. The van der Waals surface area contributed by atoms with Crippen LogP contribution in [0, 0.1) is 0 Å². The van der Waals surface area contributed by atoms with Crippen LogP contribution in [0.2, 0.25) is 0 Å². The highest BCUT2D eigenvalue weighted by molar-refractivity contribution is 6.00. The lowest BCUT2D eigenvalue weighted by Gasteiger charge is -2.26. The average molecular weight is 297 g/mol. The van der Waals surface area contributed by atoms with Crippen LogP contribution in [0.15, 0.2) is 36.5 Å². The summed E-state index contributed by atoms with van der Waals surface area (Å²) in [4.78, 5) is 32.5. The molecule has 1 fully saturated rings. The van der Waals surface area contributed by atoms with Crippen molar-refractivity contribution in [3.05, 3.63) is 42.1 Å². The van der Waals surface area contributed by atoms with Crippen molar-refractivity contribution in [3.63, 3.8) is 0 Å². The van der Waals surface area contributed by atoms with Gasteiger partial charge in [-0.1, -0.05) is 6.07 Å². The van der Waals surface area contributed by atoms with Crippen molar-refractivity contribution in [1.82, 2.24) is 14.8 Å². The average Bonchev–Trinajstić information content (AvgIpc) is 3.02. The maximum Gasteiger partial charge on any atom is 0.254 e. The first-order valence-electron chi connectivity index (χ1n) is 7.45. The minimum Gasteiger partial charge on any atom is -0.347 e. The Morgan fingerprint density at radius 3 is 2.86 bits per heavy atom. The van der Waals surface area contributed by atoms with Gasteiger partial charge in [-0.05, 0) is 37.1 Å². The van der Waals surface area contributed by atoms with Crippen LogP contribution >= 0.6 is 0 Å². The number of hydrogen-bond acceptors (Lipinski definition) is 3. The van der Waals surface area contributed by atoms with Crippen molar-refractivity contribution in [2.75, 3.05) is 20.6 Å². The van der Waals surface area contributed by atoms with E-state index in [4.69, 9.17) is 0 Å². The van der Waals surface area contributed by atoms with Crippen LogP contribution in [-0.4, -0.2) is 53.3 Å². The molecule has 1 atom stereocenters. The fourth-order valence-electron chi connectivity index (χ4n) is 2.94. The molecule has 0 unspecified atom stereocenters. The molecular formula is C17H19N3O2. The highest BCUT2D eigenvalue weighted by atomic mass is 16.2. The molecule has 1 aliphatic rings. The van der Waals surface area contributed by atoms with Crippen LogP contribution in [0.3, 0.4) is 0 Å².